The second-order valence-electron chi connectivity index (χ2n) is 4.18. The van der Waals surface area contributed by atoms with Gasteiger partial charge in [0.1, 0.15) is 0 Å². The number of cyclic esters (lactones) is 2. The molecule has 6 nitrogen and oxygen atoms in total. The van der Waals surface area contributed by atoms with Gasteiger partial charge < -0.3 is 21.5 Å². The smallest absolute Gasteiger partial charge is 0.321 e. The predicted octanol–water partition coefficient (Wildman–Crippen LogP) is -0.464. The van der Waals surface area contributed by atoms with E-state index in [9.17, 15) is 9.59 Å². The Morgan fingerprint density at radius 3 is 2.22 bits per heavy atom. The molecule has 5 N–H and O–H groups in total. The first-order chi connectivity index (χ1) is 8.51. The molecule has 1 unspecified atom stereocenters. The van der Waals surface area contributed by atoms with Crippen LogP contribution >= 0.6 is 0 Å². The lowest BCUT2D eigenvalue weighted by Crippen LogP contribution is -2.27. The molecule has 0 bridgehead atoms. The average Bonchev–Trinajstić information content (AvgIpc) is 2.58. The third kappa shape index (κ3) is 7.94. The van der Waals surface area contributed by atoms with E-state index in [0.29, 0.717) is 13.1 Å². The summed E-state index contributed by atoms with van der Waals surface area (Å²) in [5, 5.41) is 3.03. The summed E-state index contributed by atoms with van der Waals surface area (Å²) in [6.45, 7) is 6.90. The van der Waals surface area contributed by atoms with E-state index in [0.717, 1.165) is 18.7 Å². The van der Waals surface area contributed by atoms with Crippen LogP contribution in [-0.4, -0.2) is 38.1 Å². The summed E-state index contributed by atoms with van der Waals surface area (Å²) in [7, 11) is 0. The molecule has 1 atom stereocenters. The second kappa shape index (κ2) is 9.76. The Morgan fingerprint density at radius 1 is 1.33 bits per heavy atom. The van der Waals surface area contributed by atoms with Gasteiger partial charge in [-0.05, 0) is 13.8 Å². The highest BCUT2D eigenvalue weighted by atomic mass is 16.6. The third-order valence-electron chi connectivity index (χ3n) is 2.08. The zero-order valence-electron chi connectivity index (χ0n) is 11.1. The van der Waals surface area contributed by atoms with Crippen molar-refractivity contribution in [2.75, 3.05) is 26.2 Å². The van der Waals surface area contributed by atoms with E-state index in [1.165, 1.54) is 0 Å². The van der Waals surface area contributed by atoms with Crippen molar-refractivity contribution in [3.05, 3.63) is 11.6 Å². The Hall–Kier alpha value is -1.24. The highest BCUT2D eigenvalue weighted by molar-refractivity contribution is 5.95. The predicted molar refractivity (Wildman–Crippen MR) is 69.6 cm³/mol. The molecule has 0 aromatic carbocycles. The number of ether oxygens (including phenoxy) is 1. The minimum Gasteiger partial charge on any atom is -0.393 e. The normalized spacial score (nSPS) is 17.9. The van der Waals surface area contributed by atoms with Crippen LogP contribution in [-0.2, 0) is 14.3 Å². The van der Waals surface area contributed by atoms with Crippen LogP contribution in [0.15, 0.2) is 11.6 Å². The van der Waals surface area contributed by atoms with Crippen molar-refractivity contribution in [3.8, 4) is 0 Å². The maximum atomic E-state index is 10.8. The van der Waals surface area contributed by atoms with E-state index < -0.39 is 11.9 Å². The molecule has 0 aliphatic carbocycles. The van der Waals surface area contributed by atoms with E-state index in [4.69, 9.17) is 11.5 Å². The van der Waals surface area contributed by atoms with Crippen LogP contribution in [0.1, 0.15) is 20.3 Å². The van der Waals surface area contributed by atoms with Crippen LogP contribution in [0.5, 0.6) is 0 Å². The molecule has 0 amide bonds. The van der Waals surface area contributed by atoms with Gasteiger partial charge in [-0.1, -0.05) is 11.6 Å². The number of carbonyl (C=O) groups is 2. The first kappa shape index (κ1) is 16.8. The number of nitrogens with two attached hydrogens (primary N) is 2. The van der Waals surface area contributed by atoms with E-state index in [-0.39, 0.29) is 12.3 Å². The Bertz CT molecular complexity index is 295. The Balaban J connectivity index is 0.000000360. The highest BCUT2D eigenvalue weighted by Crippen LogP contribution is 2.18. The largest absolute Gasteiger partial charge is 0.393 e. The molecular formula is C12H23N3O3. The first-order valence-corrected chi connectivity index (χ1v) is 6.01. The molecule has 6 heteroatoms. The molecule has 104 valence electrons. The monoisotopic (exact) mass is 257 g/mol. The van der Waals surface area contributed by atoms with Gasteiger partial charge in [0.15, 0.2) is 0 Å². The lowest BCUT2D eigenvalue weighted by molar-refractivity contribution is -0.152. The summed E-state index contributed by atoms with van der Waals surface area (Å²) in [4.78, 5) is 21.4. The number of allylic oxidation sites excluding steroid dienone is 1. The van der Waals surface area contributed by atoms with Crippen molar-refractivity contribution in [3.63, 3.8) is 0 Å². The standard InChI is InChI=1S/C8H10O3.C4H13N3/c1-5(2)3-6-4-7(9)11-8(6)10;5-1-3-7-4-2-6/h3,6H,4H2,1-2H3;7H,1-6H2. The van der Waals surface area contributed by atoms with Gasteiger partial charge in [-0.3, -0.25) is 9.59 Å². The summed E-state index contributed by atoms with van der Waals surface area (Å²) in [6, 6.07) is 0. The molecule has 1 fully saturated rings. The van der Waals surface area contributed by atoms with Crippen LogP contribution in [0.25, 0.3) is 0 Å². The molecule has 1 aliphatic heterocycles. The van der Waals surface area contributed by atoms with Crippen molar-refractivity contribution in [2.45, 2.75) is 20.3 Å². The van der Waals surface area contributed by atoms with Gasteiger partial charge >= 0.3 is 11.9 Å². The van der Waals surface area contributed by atoms with Crippen molar-refractivity contribution in [2.24, 2.45) is 17.4 Å². The van der Waals surface area contributed by atoms with E-state index in [2.05, 4.69) is 10.1 Å². The van der Waals surface area contributed by atoms with Gasteiger partial charge in [-0.15, -0.1) is 0 Å². The molecule has 0 radical (unpaired) electrons. The number of esters is 2. The maximum absolute atomic E-state index is 10.8. The fourth-order valence-electron chi connectivity index (χ4n) is 1.35. The van der Waals surface area contributed by atoms with Gasteiger partial charge in [0.25, 0.3) is 0 Å². The molecule has 0 saturated carbocycles. The summed E-state index contributed by atoms with van der Waals surface area (Å²) < 4.78 is 4.35. The van der Waals surface area contributed by atoms with Gasteiger partial charge in [-0.25, -0.2) is 0 Å². The number of nitrogens with one attached hydrogen (secondary N) is 1. The number of hydrogen-bond acceptors (Lipinski definition) is 6. The molecule has 1 rings (SSSR count). The van der Waals surface area contributed by atoms with Crippen molar-refractivity contribution in [1.29, 1.82) is 0 Å². The van der Waals surface area contributed by atoms with Gasteiger partial charge in [-0.2, -0.15) is 0 Å². The quantitative estimate of drug-likeness (QED) is 0.266. The van der Waals surface area contributed by atoms with Crippen molar-refractivity contribution < 1.29 is 14.3 Å². The highest BCUT2D eigenvalue weighted by Gasteiger charge is 2.31. The topological polar surface area (TPSA) is 107 Å². The van der Waals surface area contributed by atoms with Gasteiger partial charge in [0.2, 0.25) is 0 Å². The Labute approximate surface area is 108 Å². The molecular weight excluding hydrogens is 234 g/mol. The molecule has 0 spiro atoms. The minimum absolute atomic E-state index is 0.198. The van der Waals surface area contributed by atoms with E-state index in [1.54, 1.807) is 6.08 Å². The van der Waals surface area contributed by atoms with Crippen LogP contribution in [0.4, 0.5) is 0 Å². The SMILES string of the molecule is CC(C)=CC1CC(=O)OC1=O.NCCNCCN. The molecule has 1 aliphatic rings. The zero-order chi connectivity index (χ0) is 14.0. The summed E-state index contributed by atoms with van der Waals surface area (Å²) >= 11 is 0. The maximum Gasteiger partial charge on any atom is 0.321 e. The summed E-state index contributed by atoms with van der Waals surface area (Å²) in [5.74, 6) is -1.18. The van der Waals surface area contributed by atoms with E-state index in [1.807, 2.05) is 13.8 Å². The fourth-order valence-corrected chi connectivity index (χ4v) is 1.35. The second-order valence-corrected chi connectivity index (χ2v) is 4.18. The number of rotatable bonds is 5. The lowest BCUT2D eigenvalue weighted by atomic mass is 10.1. The fraction of sp³-hybridized carbons (Fsp3) is 0.667. The number of hydrogen-bond donors (Lipinski definition) is 3. The van der Waals surface area contributed by atoms with Crippen molar-refractivity contribution in [1.82, 2.24) is 5.32 Å². The van der Waals surface area contributed by atoms with Crippen LogP contribution in [0.2, 0.25) is 0 Å². The summed E-state index contributed by atoms with van der Waals surface area (Å²) in [5.41, 5.74) is 11.4. The molecule has 0 aromatic heterocycles. The molecule has 0 aromatic rings. The van der Waals surface area contributed by atoms with Crippen LogP contribution < -0.4 is 16.8 Å². The molecule has 18 heavy (non-hydrogen) atoms. The average molecular weight is 257 g/mol. The van der Waals surface area contributed by atoms with Crippen molar-refractivity contribution >= 4 is 11.9 Å². The summed E-state index contributed by atoms with van der Waals surface area (Å²) in [6.07, 6.45) is 1.96. The zero-order valence-corrected chi connectivity index (χ0v) is 11.1. The van der Waals surface area contributed by atoms with Crippen LogP contribution in [0, 0.1) is 5.92 Å². The molecule has 1 saturated heterocycles. The van der Waals surface area contributed by atoms with Crippen LogP contribution in [0.3, 0.4) is 0 Å². The molecule has 1 heterocycles. The lowest BCUT2D eigenvalue weighted by Gasteiger charge is -1.95. The van der Waals surface area contributed by atoms with E-state index >= 15 is 0 Å². The Kier molecular flexibility index (Phi) is 9.08. The Morgan fingerprint density at radius 2 is 1.89 bits per heavy atom. The third-order valence-corrected chi connectivity index (χ3v) is 2.08. The minimum atomic E-state index is -0.420. The number of carbonyl (C=O) groups excluding carboxylic acids is 2. The van der Waals surface area contributed by atoms with Gasteiger partial charge in [0.05, 0.1) is 12.3 Å². The first-order valence-electron chi connectivity index (χ1n) is 6.01. The van der Waals surface area contributed by atoms with Gasteiger partial charge in [0, 0.05) is 26.2 Å².